The Balaban J connectivity index is 0.00000116. The van der Waals surface area contributed by atoms with Crippen LogP contribution in [0.4, 0.5) is 0 Å². The Hall–Kier alpha value is -1.12. The molecule has 0 unspecified atom stereocenters. The van der Waals surface area contributed by atoms with Crippen molar-refractivity contribution in [3.63, 3.8) is 0 Å². The van der Waals surface area contributed by atoms with Gasteiger partial charge in [0, 0.05) is 38.8 Å². The van der Waals surface area contributed by atoms with Crippen LogP contribution in [-0.4, -0.2) is 42.0 Å². The minimum atomic E-state index is 0.676. The van der Waals surface area contributed by atoms with E-state index in [0.29, 0.717) is 6.04 Å². The Morgan fingerprint density at radius 2 is 1.73 bits per heavy atom. The van der Waals surface area contributed by atoms with Crippen LogP contribution in [0.5, 0.6) is 0 Å². The zero-order valence-electron chi connectivity index (χ0n) is 15.4. The van der Waals surface area contributed by atoms with Crippen molar-refractivity contribution in [2.45, 2.75) is 54.1 Å². The molecular weight excluding hydrogens is 268 g/mol. The normalized spacial score (nSPS) is 16.9. The van der Waals surface area contributed by atoms with E-state index in [2.05, 4.69) is 67.8 Å². The summed E-state index contributed by atoms with van der Waals surface area (Å²) in [5, 5.41) is 0. The maximum atomic E-state index is 2.58. The van der Waals surface area contributed by atoms with Crippen molar-refractivity contribution in [2.75, 3.05) is 26.2 Å². The molecule has 2 rings (SSSR count). The Morgan fingerprint density at radius 3 is 2.27 bits per heavy atom. The third kappa shape index (κ3) is 5.26. The van der Waals surface area contributed by atoms with E-state index < -0.39 is 0 Å². The standard InChI is InChI=1S/C18H28N2.C2H6/c1-5-7-18-16(4)8-6-9-17(18)14-19-10-12-20(13-11-19)15(2)3;1-2/h5-9,15H,10-14H2,1-4H3;1-2H3/b7-5-;. The van der Waals surface area contributed by atoms with Crippen LogP contribution in [0.25, 0.3) is 6.08 Å². The first-order valence-corrected chi connectivity index (χ1v) is 8.79. The fourth-order valence-electron chi connectivity index (χ4n) is 2.96. The molecular formula is C20H34N2. The van der Waals surface area contributed by atoms with E-state index in [4.69, 9.17) is 0 Å². The quantitative estimate of drug-likeness (QED) is 0.803. The third-order valence-corrected chi connectivity index (χ3v) is 4.28. The van der Waals surface area contributed by atoms with Gasteiger partial charge in [-0.1, -0.05) is 44.2 Å². The number of aryl methyl sites for hydroxylation is 1. The lowest BCUT2D eigenvalue weighted by molar-refractivity contribution is 0.104. The van der Waals surface area contributed by atoms with Crippen LogP contribution in [0.15, 0.2) is 24.3 Å². The summed E-state index contributed by atoms with van der Waals surface area (Å²) in [6.07, 6.45) is 4.39. The molecule has 0 aromatic heterocycles. The smallest absolute Gasteiger partial charge is 0.0240 e. The minimum absolute atomic E-state index is 0.676. The summed E-state index contributed by atoms with van der Waals surface area (Å²) in [5.41, 5.74) is 4.24. The van der Waals surface area contributed by atoms with Gasteiger partial charge in [-0.2, -0.15) is 0 Å². The Morgan fingerprint density at radius 1 is 1.09 bits per heavy atom. The Kier molecular flexibility index (Phi) is 8.44. The van der Waals surface area contributed by atoms with Crippen LogP contribution in [0.2, 0.25) is 0 Å². The summed E-state index contributed by atoms with van der Waals surface area (Å²) in [5.74, 6) is 0. The second kappa shape index (κ2) is 9.81. The van der Waals surface area contributed by atoms with Gasteiger partial charge in [-0.25, -0.2) is 0 Å². The zero-order chi connectivity index (χ0) is 16.5. The molecule has 1 saturated heterocycles. The van der Waals surface area contributed by atoms with Gasteiger partial charge in [0.2, 0.25) is 0 Å². The van der Waals surface area contributed by atoms with Gasteiger partial charge in [0.15, 0.2) is 0 Å². The lowest BCUT2D eigenvalue weighted by Gasteiger charge is -2.37. The molecule has 0 amide bonds. The Labute approximate surface area is 137 Å². The largest absolute Gasteiger partial charge is 0.298 e. The molecule has 0 saturated carbocycles. The molecule has 22 heavy (non-hydrogen) atoms. The summed E-state index contributed by atoms with van der Waals surface area (Å²) in [6, 6.07) is 7.34. The number of hydrogen-bond acceptors (Lipinski definition) is 2. The molecule has 0 spiro atoms. The Bertz CT molecular complexity index is 455. The maximum Gasteiger partial charge on any atom is 0.0240 e. The van der Waals surface area contributed by atoms with Gasteiger partial charge in [0.25, 0.3) is 0 Å². The molecule has 0 N–H and O–H groups in total. The molecule has 1 aliphatic heterocycles. The number of hydrogen-bond donors (Lipinski definition) is 0. The lowest BCUT2D eigenvalue weighted by Crippen LogP contribution is -2.48. The van der Waals surface area contributed by atoms with Gasteiger partial charge < -0.3 is 0 Å². The van der Waals surface area contributed by atoms with E-state index in [1.54, 1.807) is 0 Å². The van der Waals surface area contributed by atoms with E-state index in [-0.39, 0.29) is 0 Å². The topological polar surface area (TPSA) is 6.48 Å². The van der Waals surface area contributed by atoms with Gasteiger partial charge in [0.1, 0.15) is 0 Å². The van der Waals surface area contributed by atoms with Crippen LogP contribution >= 0.6 is 0 Å². The lowest BCUT2D eigenvalue weighted by atomic mass is 10.0. The molecule has 2 heteroatoms. The molecule has 0 aliphatic carbocycles. The SMILES string of the molecule is C/C=C\c1c(C)cccc1CN1CCN(C(C)C)CC1.CC. The maximum absolute atomic E-state index is 2.58. The highest BCUT2D eigenvalue weighted by atomic mass is 15.3. The molecule has 2 nitrogen and oxygen atoms in total. The summed E-state index contributed by atoms with van der Waals surface area (Å²) >= 11 is 0. The van der Waals surface area contributed by atoms with Crippen molar-refractivity contribution in [2.24, 2.45) is 0 Å². The van der Waals surface area contributed by atoms with E-state index in [9.17, 15) is 0 Å². The highest BCUT2D eigenvalue weighted by Crippen LogP contribution is 2.19. The van der Waals surface area contributed by atoms with Crippen molar-refractivity contribution in [1.82, 2.24) is 9.80 Å². The predicted octanol–water partition coefficient (Wildman–Crippen LogP) is 4.58. The first-order chi connectivity index (χ1) is 10.6. The molecule has 1 heterocycles. The van der Waals surface area contributed by atoms with Gasteiger partial charge in [0.05, 0.1) is 0 Å². The van der Waals surface area contributed by atoms with E-state index >= 15 is 0 Å². The van der Waals surface area contributed by atoms with E-state index in [1.807, 2.05) is 13.8 Å². The third-order valence-electron chi connectivity index (χ3n) is 4.28. The van der Waals surface area contributed by atoms with Crippen molar-refractivity contribution in [1.29, 1.82) is 0 Å². The monoisotopic (exact) mass is 302 g/mol. The van der Waals surface area contributed by atoms with Gasteiger partial charge >= 0.3 is 0 Å². The van der Waals surface area contributed by atoms with Crippen molar-refractivity contribution in [3.05, 3.63) is 41.0 Å². The van der Waals surface area contributed by atoms with Crippen molar-refractivity contribution in [3.8, 4) is 0 Å². The average Bonchev–Trinajstić information content (AvgIpc) is 2.53. The molecule has 1 aromatic carbocycles. The fraction of sp³-hybridized carbons (Fsp3) is 0.600. The van der Waals surface area contributed by atoms with Gasteiger partial charge in [-0.15, -0.1) is 0 Å². The fourth-order valence-corrected chi connectivity index (χ4v) is 2.96. The molecule has 1 aromatic rings. The highest BCUT2D eigenvalue weighted by molar-refractivity contribution is 5.57. The van der Waals surface area contributed by atoms with Crippen molar-refractivity contribution < 1.29 is 0 Å². The summed E-state index contributed by atoms with van der Waals surface area (Å²) in [7, 11) is 0. The van der Waals surface area contributed by atoms with Gasteiger partial charge in [-0.05, 0) is 44.4 Å². The molecule has 1 fully saturated rings. The summed E-state index contributed by atoms with van der Waals surface area (Å²) in [4.78, 5) is 5.15. The predicted molar refractivity (Wildman–Crippen MR) is 99.2 cm³/mol. The second-order valence-electron chi connectivity index (χ2n) is 6.05. The molecule has 0 bridgehead atoms. The number of allylic oxidation sites excluding steroid dienone is 1. The first kappa shape index (κ1) is 18.9. The van der Waals surface area contributed by atoms with E-state index in [0.717, 1.165) is 6.54 Å². The van der Waals surface area contributed by atoms with Crippen LogP contribution in [-0.2, 0) is 6.54 Å². The minimum Gasteiger partial charge on any atom is -0.298 e. The highest BCUT2D eigenvalue weighted by Gasteiger charge is 2.19. The van der Waals surface area contributed by atoms with Crippen LogP contribution in [0.1, 0.15) is 51.3 Å². The number of rotatable bonds is 4. The number of piperazine rings is 1. The second-order valence-corrected chi connectivity index (χ2v) is 6.05. The molecule has 0 atom stereocenters. The van der Waals surface area contributed by atoms with E-state index in [1.165, 1.54) is 42.9 Å². The zero-order valence-corrected chi connectivity index (χ0v) is 15.4. The van der Waals surface area contributed by atoms with Crippen LogP contribution < -0.4 is 0 Å². The van der Waals surface area contributed by atoms with Crippen molar-refractivity contribution >= 4 is 6.08 Å². The average molecular weight is 303 g/mol. The summed E-state index contributed by atoms with van der Waals surface area (Å²) in [6.45, 7) is 18.7. The molecule has 124 valence electrons. The molecule has 0 radical (unpaired) electrons. The van der Waals surface area contributed by atoms with Crippen LogP contribution in [0.3, 0.4) is 0 Å². The summed E-state index contributed by atoms with van der Waals surface area (Å²) < 4.78 is 0. The number of benzene rings is 1. The van der Waals surface area contributed by atoms with Crippen LogP contribution in [0, 0.1) is 6.92 Å². The first-order valence-electron chi connectivity index (χ1n) is 8.79. The molecule has 1 aliphatic rings. The van der Waals surface area contributed by atoms with Gasteiger partial charge in [-0.3, -0.25) is 9.80 Å². The number of nitrogens with zero attached hydrogens (tertiary/aromatic N) is 2.